The Hall–Kier alpha value is -2.19. The average molecular weight is 322 g/mol. The number of benzene rings is 1. The molecule has 0 aliphatic heterocycles. The first-order valence-electron chi connectivity index (χ1n) is 6.21. The van der Waals surface area contributed by atoms with Crippen LogP contribution >= 0.6 is 0 Å². The maximum atomic E-state index is 13.4. The Morgan fingerprint density at radius 2 is 1.77 bits per heavy atom. The van der Waals surface area contributed by atoms with Crippen LogP contribution in [0.25, 0.3) is 11.0 Å². The number of hydrogen-bond acceptors (Lipinski definition) is 2. The second-order valence-electron chi connectivity index (χ2n) is 5.09. The first-order chi connectivity index (χ1) is 10.0. The quantitative estimate of drug-likeness (QED) is 0.878. The van der Waals surface area contributed by atoms with Gasteiger partial charge in [-0.25, -0.2) is 18.6 Å². The van der Waals surface area contributed by atoms with Gasteiger partial charge in [0.25, 0.3) is 0 Å². The van der Waals surface area contributed by atoms with Crippen LogP contribution in [0.1, 0.15) is 25.7 Å². The summed E-state index contributed by atoms with van der Waals surface area (Å²) in [5, 5.41) is 9.21. The van der Waals surface area contributed by atoms with Crippen molar-refractivity contribution in [2.75, 3.05) is 0 Å². The predicted octanol–water partition coefficient (Wildman–Crippen LogP) is 3.62. The van der Waals surface area contributed by atoms with Crippen LogP contribution in [0.15, 0.2) is 12.1 Å². The zero-order valence-electron chi connectivity index (χ0n) is 11.4. The molecule has 1 atom stereocenters. The summed E-state index contributed by atoms with van der Waals surface area (Å²) in [6.07, 6.45) is -4.96. The van der Waals surface area contributed by atoms with Crippen molar-refractivity contribution in [1.29, 1.82) is 0 Å². The largest absolute Gasteiger partial charge is 0.480 e. The van der Waals surface area contributed by atoms with Gasteiger partial charge in [0, 0.05) is 12.1 Å². The SMILES string of the molecule is CC(C)C(C(=O)O)n1c(C(F)(F)F)nc2cc(F)c(F)cc21. The van der Waals surface area contributed by atoms with Gasteiger partial charge in [-0.2, -0.15) is 13.2 Å². The van der Waals surface area contributed by atoms with Crippen molar-refractivity contribution in [3.63, 3.8) is 0 Å². The highest BCUT2D eigenvalue weighted by Crippen LogP contribution is 2.36. The molecule has 0 aliphatic carbocycles. The fourth-order valence-corrected chi connectivity index (χ4v) is 2.27. The molecule has 0 radical (unpaired) electrons. The fourth-order valence-electron chi connectivity index (χ4n) is 2.27. The summed E-state index contributed by atoms with van der Waals surface area (Å²) < 4.78 is 66.3. The Kier molecular flexibility index (Phi) is 3.84. The summed E-state index contributed by atoms with van der Waals surface area (Å²) in [6.45, 7) is 2.81. The molecule has 0 bridgehead atoms. The zero-order chi connectivity index (χ0) is 16.8. The lowest BCUT2D eigenvalue weighted by Crippen LogP contribution is -2.28. The molecule has 1 unspecified atom stereocenters. The number of alkyl halides is 3. The molecule has 0 amide bonds. The molecular weight excluding hydrogens is 311 g/mol. The molecule has 0 spiro atoms. The Bertz CT molecular complexity index is 736. The highest BCUT2D eigenvalue weighted by molar-refractivity contribution is 5.81. The van der Waals surface area contributed by atoms with Gasteiger partial charge in [-0.05, 0) is 5.92 Å². The van der Waals surface area contributed by atoms with E-state index < -0.39 is 52.6 Å². The molecule has 1 aromatic carbocycles. The van der Waals surface area contributed by atoms with E-state index in [1.165, 1.54) is 13.8 Å². The number of rotatable bonds is 3. The number of nitrogens with zero attached hydrogens (tertiary/aromatic N) is 2. The maximum Gasteiger partial charge on any atom is 0.449 e. The summed E-state index contributed by atoms with van der Waals surface area (Å²) in [4.78, 5) is 14.6. The van der Waals surface area contributed by atoms with Crippen LogP contribution in [0.2, 0.25) is 0 Å². The standard InChI is InChI=1S/C13H11F5N2O2/c1-5(2)10(11(21)22)20-9-4-7(15)6(14)3-8(9)19-12(20)13(16,17)18/h3-5,10H,1-2H3,(H,21,22). The van der Waals surface area contributed by atoms with Gasteiger partial charge in [-0.15, -0.1) is 0 Å². The van der Waals surface area contributed by atoms with Crippen LogP contribution in [0, 0.1) is 17.6 Å². The van der Waals surface area contributed by atoms with Gasteiger partial charge >= 0.3 is 12.1 Å². The Balaban J connectivity index is 2.89. The van der Waals surface area contributed by atoms with Gasteiger partial charge in [-0.1, -0.05) is 13.8 Å². The van der Waals surface area contributed by atoms with E-state index in [-0.39, 0.29) is 0 Å². The van der Waals surface area contributed by atoms with Crippen LogP contribution in [-0.4, -0.2) is 20.6 Å². The second-order valence-corrected chi connectivity index (χ2v) is 5.09. The summed E-state index contributed by atoms with van der Waals surface area (Å²) in [7, 11) is 0. The summed E-state index contributed by atoms with van der Waals surface area (Å²) in [5.41, 5.74) is -0.884. The smallest absolute Gasteiger partial charge is 0.449 e. The number of fused-ring (bicyclic) bond motifs is 1. The average Bonchev–Trinajstić information content (AvgIpc) is 2.68. The second kappa shape index (κ2) is 5.22. The molecular formula is C13H11F5N2O2. The number of halogens is 5. The summed E-state index contributed by atoms with van der Waals surface area (Å²) in [6, 6.07) is -0.590. The van der Waals surface area contributed by atoms with Crippen molar-refractivity contribution in [2.24, 2.45) is 5.92 Å². The summed E-state index contributed by atoms with van der Waals surface area (Å²) >= 11 is 0. The van der Waals surface area contributed by atoms with Crippen molar-refractivity contribution in [1.82, 2.24) is 9.55 Å². The topological polar surface area (TPSA) is 55.1 Å². The number of carboxylic acids is 1. The van der Waals surface area contributed by atoms with Crippen LogP contribution in [-0.2, 0) is 11.0 Å². The molecule has 1 aromatic heterocycles. The van der Waals surface area contributed by atoms with Crippen molar-refractivity contribution < 1.29 is 31.9 Å². The van der Waals surface area contributed by atoms with Gasteiger partial charge in [0.2, 0.25) is 5.82 Å². The van der Waals surface area contributed by atoms with E-state index in [1.54, 1.807) is 0 Å². The predicted molar refractivity (Wildman–Crippen MR) is 66.2 cm³/mol. The third-order valence-electron chi connectivity index (χ3n) is 3.15. The van der Waals surface area contributed by atoms with Gasteiger partial charge in [0.1, 0.15) is 6.04 Å². The number of carbonyl (C=O) groups is 1. The molecule has 0 fully saturated rings. The van der Waals surface area contributed by atoms with E-state index in [0.29, 0.717) is 16.7 Å². The minimum atomic E-state index is -4.96. The van der Waals surface area contributed by atoms with E-state index in [4.69, 9.17) is 0 Å². The Labute approximate surface area is 121 Å². The molecule has 9 heteroatoms. The number of carboxylic acid groups (broad SMARTS) is 1. The van der Waals surface area contributed by atoms with Crippen molar-refractivity contribution >= 4 is 17.0 Å². The maximum absolute atomic E-state index is 13.4. The molecule has 0 aliphatic rings. The molecule has 120 valence electrons. The number of imidazole rings is 1. The zero-order valence-corrected chi connectivity index (χ0v) is 11.4. The molecule has 2 rings (SSSR count). The van der Waals surface area contributed by atoms with Crippen molar-refractivity contribution in [3.05, 3.63) is 29.6 Å². The highest BCUT2D eigenvalue weighted by atomic mass is 19.4. The molecule has 0 saturated carbocycles. The molecule has 1 heterocycles. The van der Waals surface area contributed by atoms with Crippen LogP contribution in [0.5, 0.6) is 0 Å². The molecule has 22 heavy (non-hydrogen) atoms. The number of aliphatic carboxylic acids is 1. The highest BCUT2D eigenvalue weighted by Gasteiger charge is 2.41. The number of hydrogen-bond donors (Lipinski definition) is 1. The monoisotopic (exact) mass is 322 g/mol. The van der Waals surface area contributed by atoms with Crippen molar-refractivity contribution in [2.45, 2.75) is 26.1 Å². The van der Waals surface area contributed by atoms with Gasteiger partial charge in [0.05, 0.1) is 11.0 Å². The summed E-state index contributed by atoms with van der Waals surface area (Å²) in [5.74, 6) is -6.50. The van der Waals surface area contributed by atoms with Crippen LogP contribution < -0.4 is 0 Å². The third kappa shape index (κ3) is 2.62. The van der Waals surface area contributed by atoms with Crippen molar-refractivity contribution in [3.8, 4) is 0 Å². The lowest BCUT2D eigenvalue weighted by molar-refractivity contribution is -0.152. The molecule has 0 saturated heterocycles. The van der Waals surface area contributed by atoms with Crippen LogP contribution in [0.3, 0.4) is 0 Å². The number of aromatic nitrogens is 2. The molecule has 2 aromatic rings. The first kappa shape index (κ1) is 16.2. The first-order valence-corrected chi connectivity index (χ1v) is 6.21. The van der Waals surface area contributed by atoms with E-state index in [9.17, 15) is 31.9 Å². The fraction of sp³-hybridized carbons (Fsp3) is 0.385. The molecule has 4 nitrogen and oxygen atoms in total. The van der Waals surface area contributed by atoms with Gasteiger partial charge in [0.15, 0.2) is 11.6 Å². The Morgan fingerprint density at radius 3 is 2.23 bits per heavy atom. The lowest BCUT2D eigenvalue weighted by Gasteiger charge is -2.22. The lowest BCUT2D eigenvalue weighted by atomic mass is 10.0. The van der Waals surface area contributed by atoms with Gasteiger partial charge in [-0.3, -0.25) is 0 Å². The minimum Gasteiger partial charge on any atom is -0.480 e. The van der Waals surface area contributed by atoms with E-state index in [2.05, 4.69) is 4.98 Å². The van der Waals surface area contributed by atoms with E-state index in [0.717, 1.165) is 0 Å². The third-order valence-corrected chi connectivity index (χ3v) is 3.15. The van der Waals surface area contributed by atoms with E-state index in [1.807, 2.05) is 0 Å². The Morgan fingerprint density at radius 1 is 1.23 bits per heavy atom. The van der Waals surface area contributed by atoms with Crippen LogP contribution in [0.4, 0.5) is 22.0 Å². The van der Waals surface area contributed by atoms with Gasteiger partial charge < -0.3 is 9.67 Å². The minimum absolute atomic E-state index is 0.394. The normalized spacial score (nSPS) is 13.8. The molecule has 1 N–H and O–H groups in total. The van der Waals surface area contributed by atoms with E-state index >= 15 is 0 Å².